The van der Waals surface area contributed by atoms with Crippen molar-refractivity contribution in [2.75, 3.05) is 6.61 Å². The van der Waals surface area contributed by atoms with E-state index in [9.17, 15) is 16.8 Å². The Kier molecular flexibility index (Phi) is 20.3. The summed E-state index contributed by atoms with van der Waals surface area (Å²) in [5.41, 5.74) is 0. The first-order chi connectivity index (χ1) is 12.8. The monoisotopic (exact) mass is 470 g/mol. The second-order valence-corrected chi connectivity index (χ2v) is 8.86. The Morgan fingerprint density at radius 2 is 1.17 bits per heavy atom. The van der Waals surface area contributed by atoms with Crippen LogP contribution >= 0.6 is 0 Å². The molecule has 0 aromatic heterocycles. The number of hydrogen-bond acceptors (Lipinski definition) is 7. The van der Waals surface area contributed by atoms with Gasteiger partial charge in [-0.25, -0.2) is 4.18 Å². The molecule has 1 aromatic rings. The molecular formula is C18H32Na2O7S2. The molecule has 29 heavy (non-hydrogen) atoms. The van der Waals surface area contributed by atoms with Gasteiger partial charge in [-0.05, 0) is 18.6 Å². The van der Waals surface area contributed by atoms with E-state index in [4.69, 9.17) is 0 Å². The van der Waals surface area contributed by atoms with Gasteiger partial charge in [-0.15, -0.1) is 0 Å². The molecule has 160 valence electrons. The van der Waals surface area contributed by atoms with Gasteiger partial charge in [-0.1, -0.05) is 86.5 Å². The van der Waals surface area contributed by atoms with Gasteiger partial charge in [0.05, 0.1) is 6.61 Å². The molecule has 0 saturated heterocycles. The molecule has 1 rings (SSSR count). The molecule has 7 nitrogen and oxygen atoms in total. The summed E-state index contributed by atoms with van der Waals surface area (Å²) in [4.78, 5) is 0. The van der Waals surface area contributed by atoms with Crippen molar-refractivity contribution in [3.63, 3.8) is 0 Å². The van der Waals surface area contributed by atoms with Crippen LogP contribution in [0.3, 0.4) is 0 Å². The van der Waals surface area contributed by atoms with E-state index in [0.29, 0.717) is 6.42 Å². The summed E-state index contributed by atoms with van der Waals surface area (Å²) >= 11 is 0. The molecule has 0 unspecified atom stereocenters. The van der Waals surface area contributed by atoms with Gasteiger partial charge in [0.15, 0.2) is 0 Å². The van der Waals surface area contributed by atoms with Crippen molar-refractivity contribution in [1.82, 2.24) is 0 Å². The molecule has 0 aliphatic rings. The van der Waals surface area contributed by atoms with Crippen LogP contribution < -0.4 is 4.18 Å². The Morgan fingerprint density at radius 1 is 0.690 bits per heavy atom. The number of unbranched alkanes of at least 4 members (excludes halogenated alkanes) is 9. The van der Waals surface area contributed by atoms with Crippen LogP contribution in [0, 0.1) is 0 Å². The third-order valence-corrected chi connectivity index (χ3v) is 6.02. The molecule has 1 aromatic carbocycles. The van der Waals surface area contributed by atoms with Crippen molar-refractivity contribution in [1.29, 1.82) is 0 Å². The summed E-state index contributed by atoms with van der Waals surface area (Å²) in [6, 6.07) is 7.46. The second-order valence-electron chi connectivity index (χ2n) is 6.28. The van der Waals surface area contributed by atoms with E-state index in [2.05, 4.69) is 18.9 Å². The van der Waals surface area contributed by atoms with Crippen LogP contribution in [0.4, 0.5) is 0 Å². The van der Waals surface area contributed by atoms with Gasteiger partial charge < -0.3 is 4.18 Å². The first-order valence-corrected chi connectivity index (χ1v) is 12.1. The van der Waals surface area contributed by atoms with Gasteiger partial charge in [0.25, 0.3) is 0 Å². The molecule has 0 atom stereocenters. The van der Waals surface area contributed by atoms with Crippen molar-refractivity contribution in [3.8, 4) is 5.75 Å². The zero-order valence-electron chi connectivity index (χ0n) is 15.8. The predicted molar refractivity (Wildman–Crippen MR) is 118 cm³/mol. The maximum absolute atomic E-state index is 11.6. The number of hydrogen-bond donors (Lipinski definition) is 0. The fraction of sp³-hybridized carbons (Fsp3) is 0.667. The molecule has 0 radical (unpaired) electrons. The van der Waals surface area contributed by atoms with Crippen molar-refractivity contribution in [2.24, 2.45) is 0 Å². The molecule has 0 saturated carbocycles. The Morgan fingerprint density at radius 3 is 1.69 bits per heavy atom. The van der Waals surface area contributed by atoms with Crippen molar-refractivity contribution < 1.29 is 28.8 Å². The Hall–Kier alpha value is 0.840. The summed E-state index contributed by atoms with van der Waals surface area (Å²) in [5.74, 6) is -0.0533. The Balaban J connectivity index is 0. The maximum atomic E-state index is 11.6. The van der Waals surface area contributed by atoms with E-state index in [1.165, 1.54) is 50.7 Å². The molecule has 0 spiro atoms. The normalized spacial score (nSPS) is 11.3. The first-order valence-electron chi connectivity index (χ1n) is 9.44. The van der Waals surface area contributed by atoms with E-state index in [1.54, 1.807) is 18.2 Å². The summed E-state index contributed by atoms with van der Waals surface area (Å²) in [6.07, 6.45) is 10.9. The van der Waals surface area contributed by atoms with Crippen LogP contribution in [-0.2, 0) is 28.6 Å². The number of para-hydroxylation sites is 1. The summed E-state index contributed by atoms with van der Waals surface area (Å²) in [6.45, 7) is 2.07. The van der Waals surface area contributed by atoms with Gasteiger partial charge in [-0.2, -0.15) is 16.8 Å². The molecular weight excluding hydrogens is 438 g/mol. The Bertz CT molecular complexity index is 711. The fourth-order valence-electron chi connectivity index (χ4n) is 2.48. The van der Waals surface area contributed by atoms with Crippen molar-refractivity contribution >= 4 is 79.9 Å². The van der Waals surface area contributed by atoms with Crippen molar-refractivity contribution in [3.05, 3.63) is 30.3 Å². The van der Waals surface area contributed by atoms with Gasteiger partial charge in [0.1, 0.15) is 5.75 Å². The van der Waals surface area contributed by atoms with Gasteiger partial charge in [0, 0.05) is 0 Å². The van der Waals surface area contributed by atoms with Crippen LogP contribution in [0.1, 0.15) is 71.1 Å². The molecule has 11 heteroatoms. The van der Waals surface area contributed by atoms with Crippen molar-refractivity contribution in [2.45, 2.75) is 71.1 Å². The van der Waals surface area contributed by atoms with E-state index < -0.39 is 20.8 Å². The SMILES string of the molecule is CCCCCCCCCCCCOS(=O)(=O)OS(=O)(=O)Oc1ccccc1.[NaH].[NaH]. The minimum atomic E-state index is -4.77. The standard InChI is InChI=1S/C18H30O7S2.2Na.2H/c1-2-3-4-5-6-7-8-9-10-14-17-23-26(19,20)25-27(21,22)24-18-15-12-11-13-16-18;;;;/h11-13,15-16H,2-10,14,17H2,1H3;;;;. The van der Waals surface area contributed by atoms with Crippen LogP contribution in [0.15, 0.2) is 30.3 Å². The summed E-state index contributed by atoms with van der Waals surface area (Å²) < 4.78 is 59.5. The number of benzene rings is 1. The second kappa shape index (κ2) is 18.4. The van der Waals surface area contributed by atoms with E-state index in [1.807, 2.05) is 0 Å². The minimum absolute atomic E-state index is 0. The summed E-state index contributed by atoms with van der Waals surface area (Å²) in [5, 5.41) is 0. The topological polar surface area (TPSA) is 96.0 Å². The van der Waals surface area contributed by atoms with Gasteiger partial charge in [-0.3, -0.25) is 0 Å². The molecule has 0 aliphatic carbocycles. The zero-order valence-corrected chi connectivity index (χ0v) is 17.5. The van der Waals surface area contributed by atoms with Crippen LogP contribution in [0.5, 0.6) is 5.75 Å². The molecule has 0 aliphatic heterocycles. The molecule has 0 fully saturated rings. The third-order valence-electron chi connectivity index (χ3n) is 3.83. The molecule has 0 bridgehead atoms. The average molecular weight is 471 g/mol. The van der Waals surface area contributed by atoms with Gasteiger partial charge >= 0.3 is 79.9 Å². The fourth-order valence-corrected chi connectivity index (χ4v) is 4.23. The van der Waals surface area contributed by atoms with Gasteiger partial charge in [0.2, 0.25) is 0 Å². The van der Waals surface area contributed by atoms with Crippen LogP contribution in [0.25, 0.3) is 0 Å². The molecule has 0 amide bonds. The third kappa shape index (κ3) is 18.1. The van der Waals surface area contributed by atoms with E-state index >= 15 is 0 Å². The van der Waals surface area contributed by atoms with Crippen LogP contribution in [-0.4, -0.2) is 82.6 Å². The average Bonchev–Trinajstić information content (AvgIpc) is 2.59. The zero-order chi connectivity index (χ0) is 20.0. The predicted octanol–water partition coefficient (Wildman–Crippen LogP) is 3.21. The van der Waals surface area contributed by atoms with E-state index in [0.717, 1.165) is 19.3 Å². The quantitative estimate of drug-likeness (QED) is 0.270. The molecule has 0 heterocycles. The first kappa shape index (κ1) is 32.0. The number of rotatable bonds is 16. The van der Waals surface area contributed by atoms with E-state index in [-0.39, 0.29) is 71.5 Å². The summed E-state index contributed by atoms with van der Waals surface area (Å²) in [7, 11) is -9.45. The molecule has 0 N–H and O–H groups in total. The Labute approximate surface area is 220 Å². The van der Waals surface area contributed by atoms with Crippen LogP contribution in [0.2, 0.25) is 0 Å².